The summed E-state index contributed by atoms with van der Waals surface area (Å²) >= 11 is 0. The SMILES string of the molecule is Cc1cccc(-c2noc(CN3CCC(C(=O)Nc4cccc(C(F)(F)F)c4)CC3)n2)c1. The largest absolute Gasteiger partial charge is 0.416 e. The van der Waals surface area contributed by atoms with Crippen molar-refractivity contribution >= 4 is 11.6 Å². The molecular weight excluding hydrogens is 421 g/mol. The molecule has 1 saturated heterocycles. The molecule has 0 radical (unpaired) electrons. The van der Waals surface area contributed by atoms with E-state index in [-0.39, 0.29) is 17.5 Å². The molecule has 168 valence electrons. The fraction of sp³-hybridized carbons (Fsp3) is 0.348. The lowest BCUT2D eigenvalue weighted by Crippen LogP contribution is -2.37. The number of nitrogens with one attached hydrogen (secondary N) is 1. The van der Waals surface area contributed by atoms with Crippen LogP contribution in [-0.2, 0) is 17.5 Å². The van der Waals surface area contributed by atoms with Crippen molar-refractivity contribution in [1.82, 2.24) is 15.0 Å². The summed E-state index contributed by atoms with van der Waals surface area (Å²) in [5.41, 5.74) is 1.38. The van der Waals surface area contributed by atoms with Crippen molar-refractivity contribution < 1.29 is 22.5 Å². The Morgan fingerprint density at radius 3 is 2.62 bits per heavy atom. The second-order valence-electron chi connectivity index (χ2n) is 8.00. The van der Waals surface area contributed by atoms with Crippen LogP contribution < -0.4 is 5.32 Å². The topological polar surface area (TPSA) is 71.3 Å². The first-order valence-corrected chi connectivity index (χ1v) is 10.4. The zero-order valence-electron chi connectivity index (χ0n) is 17.5. The molecule has 2 aromatic carbocycles. The molecule has 3 aromatic rings. The van der Waals surface area contributed by atoms with Gasteiger partial charge in [0.25, 0.3) is 0 Å². The van der Waals surface area contributed by atoms with Crippen LogP contribution in [0.5, 0.6) is 0 Å². The molecule has 2 heterocycles. The average Bonchev–Trinajstić information content (AvgIpc) is 3.22. The van der Waals surface area contributed by atoms with Gasteiger partial charge < -0.3 is 9.84 Å². The second-order valence-corrected chi connectivity index (χ2v) is 8.00. The standard InChI is InChI=1S/C23H23F3N4O2/c1-15-4-2-5-17(12-15)21-28-20(32-29-21)14-30-10-8-16(9-11-30)22(31)27-19-7-3-6-18(13-19)23(24,25)26/h2-7,12-13,16H,8-11,14H2,1H3,(H,27,31). The maximum Gasteiger partial charge on any atom is 0.416 e. The molecule has 0 saturated carbocycles. The van der Waals surface area contributed by atoms with Crippen LogP contribution in [0.1, 0.15) is 29.9 Å². The van der Waals surface area contributed by atoms with E-state index in [0.29, 0.717) is 44.2 Å². The van der Waals surface area contributed by atoms with Crippen LogP contribution >= 0.6 is 0 Å². The molecule has 6 nitrogen and oxygen atoms in total. The minimum atomic E-state index is -4.44. The van der Waals surface area contributed by atoms with Gasteiger partial charge in [-0.2, -0.15) is 18.2 Å². The van der Waals surface area contributed by atoms with E-state index in [0.717, 1.165) is 23.3 Å². The van der Waals surface area contributed by atoms with Crippen molar-refractivity contribution in [2.24, 2.45) is 5.92 Å². The van der Waals surface area contributed by atoms with Gasteiger partial charge in [-0.05, 0) is 57.1 Å². The molecule has 1 fully saturated rings. The third-order valence-electron chi connectivity index (χ3n) is 5.52. The summed E-state index contributed by atoms with van der Waals surface area (Å²) in [7, 11) is 0. The van der Waals surface area contributed by atoms with Crippen molar-refractivity contribution in [3.05, 3.63) is 65.5 Å². The van der Waals surface area contributed by atoms with Crippen LogP contribution in [0.4, 0.5) is 18.9 Å². The van der Waals surface area contributed by atoms with Gasteiger partial charge in [-0.3, -0.25) is 9.69 Å². The Balaban J connectivity index is 1.29. The highest BCUT2D eigenvalue weighted by atomic mass is 19.4. The Hall–Kier alpha value is -3.20. The van der Waals surface area contributed by atoms with Crippen LogP contribution in [0.3, 0.4) is 0 Å². The number of aromatic nitrogens is 2. The van der Waals surface area contributed by atoms with Gasteiger partial charge in [-0.25, -0.2) is 0 Å². The number of amides is 1. The number of carbonyl (C=O) groups is 1. The monoisotopic (exact) mass is 444 g/mol. The molecule has 0 bridgehead atoms. The summed E-state index contributed by atoms with van der Waals surface area (Å²) in [5, 5.41) is 6.67. The summed E-state index contributed by atoms with van der Waals surface area (Å²) in [4.78, 5) is 19.1. The van der Waals surface area contributed by atoms with Gasteiger partial charge in [0, 0.05) is 17.2 Å². The first-order chi connectivity index (χ1) is 15.3. The number of carbonyl (C=O) groups excluding carboxylic acids is 1. The van der Waals surface area contributed by atoms with Gasteiger partial charge in [0.2, 0.25) is 17.6 Å². The molecule has 1 aliphatic rings. The number of rotatable bonds is 5. The minimum absolute atomic E-state index is 0.154. The maximum atomic E-state index is 12.9. The van der Waals surface area contributed by atoms with E-state index in [1.165, 1.54) is 12.1 Å². The second kappa shape index (κ2) is 9.12. The fourth-order valence-corrected chi connectivity index (χ4v) is 3.78. The zero-order chi connectivity index (χ0) is 22.7. The molecular formula is C23H23F3N4O2. The Labute approximate surface area is 183 Å². The van der Waals surface area contributed by atoms with Crippen molar-refractivity contribution in [3.8, 4) is 11.4 Å². The molecule has 1 aromatic heterocycles. The molecule has 0 aliphatic carbocycles. The molecule has 1 N–H and O–H groups in total. The number of benzene rings is 2. The van der Waals surface area contributed by atoms with Crippen LogP contribution in [-0.4, -0.2) is 34.0 Å². The number of likely N-dealkylation sites (tertiary alicyclic amines) is 1. The van der Waals surface area contributed by atoms with Crippen LogP contribution in [0.25, 0.3) is 11.4 Å². The quantitative estimate of drug-likeness (QED) is 0.605. The van der Waals surface area contributed by atoms with Crippen molar-refractivity contribution in [3.63, 3.8) is 0 Å². The summed E-state index contributed by atoms with van der Waals surface area (Å²) in [6, 6.07) is 12.5. The van der Waals surface area contributed by atoms with Crippen molar-refractivity contribution in [2.75, 3.05) is 18.4 Å². The Morgan fingerprint density at radius 1 is 1.16 bits per heavy atom. The fourth-order valence-electron chi connectivity index (χ4n) is 3.78. The lowest BCUT2D eigenvalue weighted by Gasteiger charge is -2.30. The van der Waals surface area contributed by atoms with Gasteiger partial charge in [-0.1, -0.05) is 35.0 Å². The molecule has 32 heavy (non-hydrogen) atoms. The first-order valence-electron chi connectivity index (χ1n) is 10.4. The summed E-state index contributed by atoms with van der Waals surface area (Å²) in [6.07, 6.45) is -3.24. The molecule has 0 spiro atoms. The van der Waals surface area contributed by atoms with E-state index in [2.05, 4.69) is 20.4 Å². The predicted molar refractivity (Wildman–Crippen MR) is 113 cm³/mol. The average molecular weight is 444 g/mol. The number of hydrogen-bond acceptors (Lipinski definition) is 5. The minimum Gasteiger partial charge on any atom is -0.338 e. The number of alkyl halides is 3. The van der Waals surface area contributed by atoms with E-state index < -0.39 is 11.7 Å². The smallest absolute Gasteiger partial charge is 0.338 e. The van der Waals surface area contributed by atoms with Gasteiger partial charge in [0.15, 0.2) is 0 Å². The highest BCUT2D eigenvalue weighted by Crippen LogP contribution is 2.31. The summed E-state index contributed by atoms with van der Waals surface area (Å²) in [5.74, 6) is 0.530. The van der Waals surface area contributed by atoms with Crippen molar-refractivity contribution in [1.29, 1.82) is 0 Å². The number of aryl methyl sites for hydroxylation is 1. The molecule has 0 unspecified atom stereocenters. The van der Waals surface area contributed by atoms with Crippen LogP contribution in [0.15, 0.2) is 53.1 Å². The summed E-state index contributed by atoms with van der Waals surface area (Å²) in [6.45, 7) is 3.80. The van der Waals surface area contributed by atoms with Gasteiger partial charge in [0.1, 0.15) is 0 Å². The number of piperidine rings is 1. The molecule has 0 atom stereocenters. The third kappa shape index (κ3) is 5.34. The normalized spacial score (nSPS) is 15.6. The van der Waals surface area contributed by atoms with E-state index in [1.54, 1.807) is 0 Å². The van der Waals surface area contributed by atoms with E-state index in [9.17, 15) is 18.0 Å². The van der Waals surface area contributed by atoms with Crippen molar-refractivity contribution in [2.45, 2.75) is 32.5 Å². The highest BCUT2D eigenvalue weighted by Gasteiger charge is 2.31. The number of halogens is 3. The van der Waals surface area contributed by atoms with Gasteiger partial charge in [0.05, 0.1) is 12.1 Å². The lowest BCUT2D eigenvalue weighted by molar-refractivity contribution is -0.137. The highest BCUT2D eigenvalue weighted by molar-refractivity contribution is 5.92. The van der Waals surface area contributed by atoms with E-state index >= 15 is 0 Å². The Bertz CT molecular complexity index is 1090. The Kier molecular flexibility index (Phi) is 6.27. The van der Waals surface area contributed by atoms with Gasteiger partial charge >= 0.3 is 6.18 Å². The maximum absolute atomic E-state index is 12.9. The Morgan fingerprint density at radius 2 is 1.91 bits per heavy atom. The molecule has 1 amide bonds. The first kappa shape index (κ1) is 22.0. The van der Waals surface area contributed by atoms with E-state index in [4.69, 9.17) is 4.52 Å². The predicted octanol–water partition coefficient (Wildman–Crippen LogP) is 4.91. The number of nitrogens with zero attached hydrogens (tertiary/aromatic N) is 3. The van der Waals surface area contributed by atoms with Crippen LogP contribution in [0.2, 0.25) is 0 Å². The molecule has 9 heteroatoms. The molecule has 4 rings (SSSR count). The zero-order valence-corrected chi connectivity index (χ0v) is 17.5. The third-order valence-corrected chi connectivity index (χ3v) is 5.52. The van der Waals surface area contributed by atoms with E-state index in [1.807, 2.05) is 31.2 Å². The number of hydrogen-bond donors (Lipinski definition) is 1. The summed E-state index contributed by atoms with van der Waals surface area (Å²) < 4.78 is 44.0. The lowest BCUT2D eigenvalue weighted by atomic mass is 9.95. The van der Waals surface area contributed by atoms with Crippen LogP contribution in [0, 0.1) is 12.8 Å². The molecule has 1 aliphatic heterocycles. The number of anilines is 1. The van der Waals surface area contributed by atoms with Gasteiger partial charge in [-0.15, -0.1) is 0 Å².